The van der Waals surface area contributed by atoms with Gasteiger partial charge < -0.3 is 14.8 Å². The molecule has 1 aromatic rings. The van der Waals surface area contributed by atoms with Gasteiger partial charge in [0.1, 0.15) is 0 Å². The minimum absolute atomic E-state index is 0.226. The molecule has 0 saturated carbocycles. The fourth-order valence-electron chi connectivity index (χ4n) is 1.04. The molecule has 1 rings (SSSR count). The summed E-state index contributed by atoms with van der Waals surface area (Å²) in [6, 6.07) is 3.93. The quantitative estimate of drug-likeness (QED) is 0.723. The molecule has 0 aliphatic rings. The predicted octanol–water partition coefficient (Wildman–Crippen LogP) is 1.42. The zero-order chi connectivity index (χ0) is 10.4. The molecule has 4 nitrogen and oxygen atoms in total. The number of aryl methyl sites for hydroxylation is 1. The lowest BCUT2D eigenvalue weighted by atomic mass is 10.3. The summed E-state index contributed by atoms with van der Waals surface area (Å²) in [6.45, 7) is 2.56. The molecular formula is C10H16N2O2. The third-order valence-corrected chi connectivity index (χ3v) is 1.91. The van der Waals surface area contributed by atoms with Gasteiger partial charge in [-0.15, -0.1) is 0 Å². The molecule has 0 aliphatic carbocycles. The van der Waals surface area contributed by atoms with E-state index in [1.807, 2.05) is 19.1 Å². The Labute approximate surface area is 84.3 Å². The van der Waals surface area contributed by atoms with E-state index in [-0.39, 0.29) is 6.29 Å². The van der Waals surface area contributed by atoms with E-state index in [4.69, 9.17) is 9.47 Å². The van der Waals surface area contributed by atoms with Gasteiger partial charge in [0.25, 0.3) is 0 Å². The van der Waals surface area contributed by atoms with E-state index in [9.17, 15) is 0 Å². The third-order valence-electron chi connectivity index (χ3n) is 1.91. The van der Waals surface area contributed by atoms with Crippen LogP contribution in [0.3, 0.4) is 0 Å². The highest BCUT2D eigenvalue weighted by atomic mass is 16.7. The highest BCUT2D eigenvalue weighted by Gasteiger charge is 2.03. The molecule has 1 aromatic heterocycles. The fraction of sp³-hybridized carbons (Fsp3) is 0.500. The molecule has 0 radical (unpaired) electrons. The SMILES string of the molecule is COC(CNc1ccc(C)nc1)OC. The highest BCUT2D eigenvalue weighted by Crippen LogP contribution is 2.05. The highest BCUT2D eigenvalue weighted by molar-refractivity contribution is 5.40. The summed E-state index contributed by atoms with van der Waals surface area (Å²) in [5.41, 5.74) is 1.97. The molecule has 0 bridgehead atoms. The van der Waals surface area contributed by atoms with Crippen molar-refractivity contribution in [3.8, 4) is 0 Å². The summed E-state index contributed by atoms with van der Waals surface area (Å²) in [4.78, 5) is 4.16. The first-order chi connectivity index (χ1) is 6.76. The Morgan fingerprint density at radius 3 is 2.57 bits per heavy atom. The van der Waals surface area contributed by atoms with Gasteiger partial charge in [0.15, 0.2) is 6.29 Å². The van der Waals surface area contributed by atoms with Gasteiger partial charge in [-0.3, -0.25) is 4.98 Å². The maximum absolute atomic E-state index is 5.04. The van der Waals surface area contributed by atoms with Gasteiger partial charge in [0, 0.05) is 19.9 Å². The van der Waals surface area contributed by atoms with Crippen molar-refractivity contribution in [3.05, 3.63) is 24.0 Å². The molecule has 4 heteroatoms. The van der Waals surface area contributed by atoms with Crippen molar-refractivity contribution >= 4 is 5.69 Å². The first kappa shape index (κ1) is 10.9. The van der Waals surface area contributed by atoms with Crippen LogP contribution in [0.2, 0.25) is 0 Å². The topological polar surface area (TPSA) is 43.4 Å². The van der Waals surface area contributed by atoms with Crippen LogP contribution in [0.15, 0.2) is 18.3 Å². The van der Waals surface area contributed by atoms with Crippen molar-refractivity contribution < 1.29 is 9.47 Å². The van der Waals surface area contributed by atoms with Crippen LogP contribution >= 0.6 is 0 Å². The van der Waals surface area contributed by atoms with Crippen molar-refractivity contribution in [1.29, 1.82) is 0 Å². The van der Waals surface area contributed by atoms with Gasteiger partial charge in [-0.25, -0.2) is 0 Å². The largest absolute Gasteiger partial charge is 0.379 e. The molecule has 0 fully saturated rings. The molecule has 0 amide bonds. The van der Waals surface area contributed by atoms with E-state index in [0.29, 0.717) is 6.54 Å². The van der Waals surface area contributed by atoms with Crippen molar-refractivity contribution in [2.45, 2.75) is 13.2 Å². The maximum atomic E-state index is 5.04. The molecule has 0 saturated heterocycles. The van der Waals surface area contributed by atoms with Crippen molar-refractivity contribution in [1.82, 2.24) is 4.98 Å². The van der Waals surface area contributed by atoms with Crippen LogP contribution in [-0.4, -0.2) is 32.0 Å². The van der Waals surface area contributed by atoms with E-state index >= 15 is 0 Å². The number of aromatic nitrogens is 1. The number of anilines is 1. The van der Waals surface area contributed by atoms with Crippen LogP contribution in [0.4, 0.5) is 5.69 Å². The minimum atomic E-state index is -0.226. The smallest absolute Gasteiger partial charge is 0.173 e. The number of pyridine rings is 1. The molecule has 0 unspecified atom stereocenters. The number of methoxy groups -OCH3 is 2. The fourth-order valence-corrected chi connectivity index (χ4v) is 1.04. The Bertz CT molecular complexity index is 257. The third kappa shape index (κ3) is 3.32. The second kappa shape index (κ2) is 5.57. The molecule has 0 aromatic carbocycles. The lowest BCUT2D eigenvalue weighted by Crippen LogP contribution is -2.23. The van der Waals surface area contributed by atoms with Crippen LogP contribution in [0.25, 0.3) is 0 Å². The first-order valence-corrected chi connectivity index (χ1v) is 4.48. The number of hydrogen-bond donors (Lipinski definition) is 1. The molecule has 0 spiro atoms. The Hall–Kier alpha value is -1.13. The number of nitrogens with zero attached hydrogens (tertiary/aromatic N) is 1. The Balaban J connectivity index is 2.41. The average molecular weight is 196 g/mol. The zero-order valence-corrected chi connectivity index (χ0v) is 8.78. The lowest BCUT2D eigenvalue weighted by molar-refractivity contribution is -0.0914. The van der Waals surface area contributed by atoms with E-state index in [1.165, 1.54) is 0 Å². The number of hydrogen-bond acceptors (Lipinski definition) is 4. The van der Waals surface area contributed by atoms with Gasteiger partial charge in [-0.2, -0.15) is 0 Å². The van der Waals surface area contributed by atoms with E-state index in [2.05, 4.69) is 10.3 Å². The summed E-state index contributed by atoms with van der Waals surface area (Å²) in [7, 11) is 3.23. The molecule has 14 heavy (non-hydrogen) atoms. The van der Waals surface area contributed by atoms with Crippen LogP contribution < -0.4 is 5.32 Å². The monoisotopic (exact) mass is 196 g/mol. The van der Waals surface area contributed by atoms with Crippen molar-refractivity contribution in [2.24, 2.45) is 0 Å². The Kier molecular flexibility index (Phi) is 4.35. The van der Waals surface area contributed by atoms with E-state index in [1.54, 1.807) is 20.4 Å². The van der Waals surface area contributed by atoms with Gasteiger partial charge >= 0.3 is 0 Å². The second-order valence-electron chi connectivity index (χ2n) is 2.97. The zero-order valence-electron chi connectivity index (χ0n) is 8.78. The molecule has 1 heterocycles. The Morgan fingerprint density at radius 1 is 1.36 bits per heavy atom. The van der Waals surface area contributed by atoms with Crippen LogP contribution in [0, 0.1) is 6.92 Å². The molecule has 0 atom stereocenters. The summed E-state index contributed by atoms with van der Waals surface area (Å²) >= 11 is 0. The number of nitrogens with one attached hydrogen (secondary N) is 1. The van der Waals surface area contributed by atoms with E-state index in [0.717, 1.165) is 11.4 Å². The Morgan fingerprint density at radius 2 is 2.07 bits per heavy atom. The predicted molar refractivity (Wildman–Crippen MR) is 55.3 cm³/mol. The molecule has 78 valence electrons. The van der Waals surface area contributed by atoms with Gasteiger partial charge in [0.05, 0.1) is 18.4 Å². The van der Waals surface area contributed by atoms with Gasteiger partial charge in [-0.05, 0) is 19.1 Å². The number of rotatable bonds is 5. The average Bonchev–Trinajstić information content (AvgIpc) is 2.22. The normalized spacial score (nSPS) is 10.6. The van der Waals surface area contributed by atoms with Crippen molar-refractivity contribution in [2.75, 3.05) is 26.1 Å². The number of ether oxygens (including phenoxy) is 2. The van der Waals surface area contributed by atoms with Crippen LogP contribution in [0.5, 0.6) is 0 Å². The van der Waals surface area contributed by atoms with E-state index < -0.39 is 0 Å². The summed E-state index contributed by atoms with van der Waals surface area (Å²) < 4.78 is 10.1. The second-order valence-corrected chi connectivity index (χ2v) is 2.97. The lowest BCUT2D eigenvalue weighted by Gasteiger charge is -2.14. The molecule has 0 aliphatic heterocycles. The summed E-state index contributed by atoms with van der Waals surface area (Å²) in [5.74, 6) is 0. The van der Waals surface area contributed by atoms with Crippen molar-refractivity contribution in [3.63, 3.8) is 0 Å². The maximum Gasteiger partial charge on any atom is 0.173 e. The summed E-state index contributed by atoms with van der Waals surface area (Å²) in [5, 5.41) is 3.16. The first-order valence-electron chi connectivity index (χ1n) is 4.48. The minimum Gasteiger partial charge on any atom is -0.379 e. The van der Waals surface area contributed by atoms with Gasteiger partial charge in [-0.1, -0.05) is 0 Å². The standard InChI is InChI=1S/C10H16N2O2/c1-8-4-5-9(6-11-8)12-7-10(13-2)14-3/h4-6,10,12H,7H2,1-3H3. The van der Waals surface area contributed by atoms with Gasteiger partial charge in [0.2, 0.25) is 0 Å². The molecular weight excluding hydrogens is 180 g/mol. The van der Waals surface area contributed by atoms with Crippen LogP contribution in [-0.2, 0) is 9.47 Å². The summed E-state index contributed by atoms with van der Waals surface area (Å²) in [6.07, 6.45) is 1.56. The van der Waals surface area contributed by atoms with Crippen LogP contribution in [0.1, 0.15) is 5.69 Å². The molecule has 1 N–H and O–H groups in total.